The van der Waals surface area contributed by atoms with Crippen LogP contribution in [0.4, 0.5) is 0 Å². The Bertz CT molecular complexity index is 571. The molecule has 0 amide bonds. The molecule has 1 unspecified atom stereocenters. The predicted octanol–water partition coefficient (Wildman–Crippen LogP) is 2.77. The van der Waals surface area contributed by atoms with Gasteiger partial charge in [0.2, 0.25) is 0 Å². The maximum atomic E-state index is 12.5. The summed E-state index contributed by atoms with van der Waals surface area (Å²) < 4.78 is 25.3. The van der Waals surface area contributed by atoms with Crippen molar-refractivity contribution in [3.63, 3.8) is 0 Å². The van der Waals surface area contributed by atoms with Crippen molar-refractivity contribution < 1.29 is 12.8 Å². The summed E-state index contributed by atoms with van der Waals surface area (Å²) in [5, 5.41) is 10.5. The van der Waals surface area contributed by atoms with Crippen molar-refractivity contribution in [1.82, 2.24) is 0 Å². The average Bonchev–Trinajstić information content (AvgIpc) is 2.40. The number of hydrogen-bond donors (Lipinski definition) is 1. The predicted molar refractivity (Wildman–Crippen MR) is 79.6 cm³/mol. The first-order chi connectivity index (χ1) is 9.42. The normalized spacial score (nSPS) is 27.0. The van der Waals surface area contributed by atoms with Gasteiger partial charge in [-0.2, -0.15) is 0 Å². The first kappa shape index (κ1) is 15.4. The van der Waals surface area contributed by atoms with Crippen LogP contribution in [0.1, 0.15) is 45.4 Å². The summed E-state index contributed by atoms with van der Waals surface area (Å²) in [4.78, 5) is 1.36. The van der Waals surface area contributed by atoms with E-state index in [1.165, 1.54) is 4.97 Å². The summed E-state index contributed by atoms with van der Waals surface area (Å²) in [6, 6.07) is 8.50. The van der Waals surface area contributed by atoms with Gasteiger partial charge in [0.1, 0.15) is 0 Å². The van der Waals surface area contributed by atoms with Gasteiger partial charge in [0, 0.05) is 0 Å². The van der Waals surface area contributed by atoms with Crippen LogP contribution in [0.3, 0.4) is 0 Å². The van der Waals surface area contributed by atoms with Crippen molar-refractivity contribution in [2.45, 2.75) is 51.0 Å². The molecule has 0 bridgehead atoms. The van der Waals surface area contributed by atoms with Crippen molar-refractivity contribution in [1.29, 1.82) is 0 Å². The molecule has 1 fully saturated rings. The van der Waals surface area contributed by atoms with E-state index in [0.717, 1.165) is 25.7 Å². The van der Waals surface area contributed by atoms with Gasteiger partial charge in [-0.1, -0.05) is 0 Å². The molecule has 1 aromatic carbocycles. The summed E-state index contributed by atoms with van der Waals surface area (Å²) in [5.74, 6) is 0. The van der Waals surface area contributed by atoms with Gasteiger partial charge in [-0.15, -0.1) is 0 Å². The second-order valence-corrected chi connectivity index (χ2v) is 9.46. The third-order valence-corrected chi connectivity index (χ3v) is 7.12. The summed E-state index contributed by atoms with van der Waals surface area (Å²) in [7, 11) is 0. The Balaban J connectivity index is 2.36. The van der Waals surface area contributed by atoms with Crippen molar-refractivity contribution >= 4 is 17.2 Å². The van der Waals surface area contributed by atoms with Gasteiger partial charge >= 0.3 is 122 Å². The fraction of sp³-hybridized carbons (Fsp3) is 0.500. The van der Waals surface area contributed by atoms with E-state index >= 15 is 0 Å². The molecular weight excluding hydrogens is 319 g/mol. The molecule has 2 rings (SSSR count). The molecule has 0 heterocycles. The Morgan fingerprint density at radius 3 is 2.45 bits per heavy atom. The zero-order valence-electron chi connectivity index (χ0n) is 11.9. The van der Waals surface area contributed by atoms with Crippen LogP contribution in [-0.2, 0) is 7.67 Å². The van der Waals surface area contributed by atoms with E-state index in [-0.39, 0.29) is 0 Å². The second-order valence-electron chi connectivity index (χ2n) is 5.69. The fourth-order valence-corrected chi connectivity index (χ4v) is 5.60. The van der Waals surface area contributed by atoms with Crippen LogP contribution in [0, 0.1) is 0 Å². The van der Waals surface area contributed by atoms with Gasteiger partial charge in [0.25, 0.3) is 0 Å². The first-order valence-corrected chi connectivity index (χ1v) is 10.4. The first-order valence-electron chi connectivity index (χ1n) is 7.15. The third-order valence-electron chi connectivity index (χ3n) is 3.92. The van der Waals surface area contributed by atoms with E-state index in [0.29, 0.717) is 22.9 Å². The molecule has 4 heteroatoms. The molecule has 1 aliphatic rings. The van der Waals surface area contributed by atoms with Gasteiger partial charge in [0.05, 0.1) is 0 Å². The minimum atomic E-state index is -4.32. The molecule has 3 nitrogen and oxygen atoms in total. The molecule has 20 heavy (non-hydrogen) atoms. The minimum absolute atomic E-state index is 0.356. The van der Waals surface area contributed by atoms with Gasteiger partial charge in [-0.3, -0.25) is 0 Å². The van der Waals surface area contributed by atoms with Crippen molar-refractivity contribution in [2.75, 3.05) is 0 Å². The zero-order chi connectivity index (χ0) is 14.6. The zero-order valence-corrected chi connectivity index (χ0v) is 13.6. The third kappa shape index (κ3) is 3.78. The summed E-state index contributed by atoms with van der Waals surface area (Å²) >= 11 is -4.32. The van der Waals surface area contributed by atoms with E-state index in [1.54, 1.807) is 37.3 Å². The van der Waals surface area contributed by atoms with Crippen molar-refractivity contribution in [3.8, 4) is 0 Å². The molecule has 1 saturated carbocycles. The molecule has 110 valence electrons. The molecule has 0 saturated heterocycles. The van der Waals surface area contributed by atoms with Crippen molar-refractivity contribution in [2.24, 2.45) is 0 Å². The summed E-state index contributed by atoms with van der Waals surface area (Å²) in [6.07, 6.45) is 5.42. The van der Waals surface area contributed by atoms with Crippen LogP contribution in [-0.4, -0.2) is 23.4 Å². The van der Waals surface area contributed by atoms with E-state index in [9.17, 15) is 12.8 Å². The van der Waals surface area contributed by atoms with Crippen LogP contribution >= 0.6 is 0 Å². The van der Waals surface area contributed by atoms with Gasteiger partial charge in [0.15, 0.2) is 0 Å². The van der Waals surface area contributed by atoms with Gasteiger partial charge < -0.3 is 0 Å². The maximum absolute atomic E-state index is 12.5. The van der Waals surface area contributed by atoms with Crippen LogP contribution in [0.2, 0.25) is 0 Å². The van der Waals surface area contributed by atoms with Gasteiger partial charge in [-0.05, 0) is 0 Å². The quantitative estimate of drug-likeness (QED) is 0.842. The van der Waals surface area contributed by atoms with E-state index < -0.39 is 18.3 Å². The number of hydrogen-bond acceptors (Lipinski definition) is 3. The standard InChI is InChI=1S/C16H22O3Se/c1-16(17)12-8-3-2-5-9-14(16)13-20(18,19)15-10-6-4-7-11-15/h4,6-7,10-11,13,17H,2-3,5,8-9,12H2,1H3. The number of rotatable bonds is 2. The van der Waals surface area contributed by atoms with Gasteiger partial charge in [-0.25, -0.2) is 0 Å². The Kier molecular flexibility index (Phi) is 4.79. The average molecular weight is 341 g/mol. The Morgan fingerprint density at radius 2 is 1.75 bits per heavy atom. The topological polar surface area (TPSA) is 54.4 Å². The molecule has 1 aliphatic carbocycles. The monoisotopic (exact) mass is 342 g/mol. The van der Waals surface area contributed by atoms with E-state index in [2.05, 4.69) is 0 Å². The number of aliphatic hydroxyl groups is 1. The number of benzene rings is 1. The van der Waals surface area contributed by atoms with E-state index in [1.807, 2.05) is 0 Å². The second kappa shape index (κ2) is 6.21. The summed E-state index contributed by atoms with van der Waals surface area (Å²) in [6.45, 7) is 1.74. The molecule has 0 spiro atoms. The molecule has 1 aromatic rings. The molecule has 0 aromatic heterocycles. The fourth-order valence-electron chi connectivity index (χ4n) is 2.62. The van der Waals surface area contributed by atoms with E-state index in [4.69, 9.17) is 0 Å². The molecule has 1 atom stereocenters. The SMILES string of the molecule is CC1(O)CCCCCCC1=C[Se](=O)(=O)c1ccccc1. The summed E-state index contributed by atoms with van der Waals surface area (Å²) in [5.41, 5.74) is -0.321. The Hall–Kier alpha value is -0.961. The molecule has 1 N–H and O–H groups in total. The molecule has 0 radical (unpaired) electrons. The van der Waals surface area contributed by atoms with Crippen LogP contribution < -0.4 is 4.46 Å². The molecule has 0 aliphatic heterocycles. The van der Waals surface area contributed by atoms with Crippen LogP contribution in [0.5, 0.6) is 0 Å². The van der Waals surface area contributed by atoms with Crippen molar-refractivity contribution in [3.05, 3.63) is 40.9 Å². The van der Waals surface area contributed by atoms with Crippen LogP contribution in [0.15, 0.2) is 40.9 Å². The Labute approximate surface area is 122 Å². The van der Waals surface area contributed by atoms with Crippen LogP contribution in [0.25, 0.3) is 0 Å². The molecular formula is C16H22O3Se. The Morgan fingerprint density at radius 1 is 1.10 bits per heavy atom.